The zero-order valence-corrected chi connectivity index (χ0v) is 17.8. The Bertz CT molecular complexity index is 1280. The molecule has 0 fully saturated rings. The molecule has 0 radical (unpaired) electrons. The van der Waals surface area contributed by atoms with E-state index in [1.54, 1.807) is 35.3 Å². The summed E-state index contributed by atoms with van der Waals surface area (Å²) in [6, 6.07) is 23.0. The number of nitriles is 1. The van der Waals surface area contributed by atoms with Crippen LogP contribution in [0.15, 0.2) is 90.9 Å². The Morgan fingerprint density at radius 1 is 1.06 bits per heavy atom. The molecule has 5 heteroatoms. The van der Waals surface area contributed by atoms with Gasteiger partial charge in [0, 0.05) is 35.3 Å². The van der Waals surface area contributed by atoms with Crippen molar-refractivity contribution in [2.45, 2.75) is 19.8 Å². The van der Waals surface area contributed by atoms with Gasteiger partial charge >= 0.3 is 0 Å². The van der Waals surface area contributed by atoms with E-state index < -0.39 is 0 Å². The summed E-state index contributed by atoms with van der Waals surface area (Å²) in [4.78, 5) is 17.2. The van der Waals surface area contributed by atoms with Gasteiger partial charge < -0.3 is 0 Å². The molecule has 2 aromatic carbocycles. The topological polar surface area (TPSA) is 71.6 Å². The van der Waals surface area contributed by atoms with Crippen LogP contribution in [0.1, 0.15) is 34.8 Å². The number of benzene rings is 2. The van der Waals surface area contributed by atoms with Gasteiger partial charge in [0.05, 0.1) is 5.69 Å². The molecule has 0 amide bonds. The van der Waals surface area contributed by atoms with Crippen molar-refractivity contribution in [3.8, 4) is 23.0 Å². The first kappa shape index (κ1) is 21.0. The Hall–Kier alpha value is -4.30. The molecule has 156 valence electrons. The van der Waals surface area contributed by atoms with Gasteiger partial charge in [-0.1, -0.05) is 55.8 Å². The van der Waals surface area contributed by atoms with E-state index in [1.807, 2.05) is 60.8 Å². The highest BCUT2D eigenvalue weighted by Crippen LogP contribution is 2.26. The Labute approximate surface area is 187 Å². The number of Topliss-reactive ketones (excluding diaryl/α,β-unsaturated/α-hetero) is 1. The standard InChI is InChI=1S/C27H22N4O/c1-2-7-20-11-13-21(14-12-20)27(32)23(17-28)16-24-19-31(25-9-4-3-5-10-25)30-26(24)22-8-6-15-29-18-22/h3-6,8-16,18-19H,2,7H2,1H3/b23-16+. The molecule has 2 aromatic heterocycles. The number of allylic oxidation sites excluding steroid dienone is 1. The maximum atomic E-state index is 13.0. The molecule has 0 aliphatic rings. The van der Waals surface area contributed by atoms with Crippen LogP contribution in [0.3, 0.4) is 0 Å². The number of carbonyl (C=O) groups excluding carboxylic acids is 1. The Morgan fingerprint density at radius 3 is 2.50 bits per heavy atom. The van der Waals surface area contributed by atoms with E-state index in [4.69, 9.17) is 5.10 Å². The molecule has 32 heavy (non-hydrogen) atoms. The number of hydrogen-bond acceptors (Lipinski definition) is 4. The molecule has 0 bridgehead atoms. The van der Waals surface area contributed by atoms with Gasteiger partial charge in [0.15, 0.2) is 0 Å². The Kier molecular flexibility index (Phi) is 6.33. The largest absolute Gasteiger partial charge is 0.288 e. The minimum Gasteiger partial charge on any atom is -0.288 e. The number of aryl methyl sites for hydroxylation is 1. The average molecular weight is 419 g/mol. The monoisotopic (exact) mass is 418 g/mol. The number of pyridine rings is 1. The molecule has 5 nitrogen and oxygen atoms in total. The molecular formula is C27H22N4O. The van der Waals surface area contributed by atoms with E-state index in [1.165, 1.54) is 5.56 Å². The number of para-hydroxylation sites is 1. The van der Waals surface area contributed by atoms with Crippen molar-refractivity contribution in [2.24, 2.45) is 0 Å². The van der Waals surface area contributed by atoms with Crippen molar-refractivity contribution >= 4 is 11.9 Å². The molecule has 0 aliphatic heterocycles. The lowest BCUT2D eigenvalue weighted by molar-refractivity contribution is 0.104. The van der Waals surface area contributed by atoms with Crippen molar-refractivity contribution < 1.29 is 4.79 Å². The normalized spacial score (nSPS) is 11.2. The summed E-state index contributed by atoms with van der Waals surface area (Å²) in [7, 11) is 0. The molecule has 0 saturated carbocycles. The Morgan fingerprint density at radius 2 is 1.84 bits per heavy atom. The first-order chi connectivity index (χ1) is 15.7. The van der Waals surface area contributed by atoms with Gasteiger partial charge in [0.25, 0.3) is 0 Å². The predicted octanol–water partition coefficient (Wildman–Crippen LogP) is 5.68. The smallest absolute Gasteiger partial charge is 0.203 e. The number of nitrogens with zero attached hydrogens (tertiary/aromatic N) is 4. The van der Waals surface area contributed by atoms with E-state index in [0.29, 0.717) is 16.8 Å². The SMILES string of the molecule is CCCc1ccc(C(=O)/C(C#N)=C/c2cn(-c3ccccc3)nc2-c2cccnc2)cc1. The highest BCUT2D eigenvalue weighted by molar-refractivity contribution is 6.14. The lowest BCUT2D eigenvalue weighted by Crippen LogP contribution is -2.02. The van der Waals surface area contributed by atoms with Crippen LogP contribution in [0.4, 0.5) is 0 Å². The number of aromatic nitrogens is 3. The molecule has 2 heterocycles. The lowest BCUT2D eigenvalue weighted by atomic mass is 9.99. The number of carbonyl (C=O) groups is 1. The maximum Gasteiger partial charge on any atom is 0.203 e. The number of rotatable bonds is 7. The zero-order valence-electron chi connectivity index (χ0n) is 17.8. The van der Waals surface area contributed by atoms with Gasteiger partial charge in [-0.05, 0) is 42.3 Å². The summed E-state index contributed by atoms with van der Waals surface area (Å²) in [6.07, 6.45) is 8.85. The molecule has 0 unspecified atom stereocenters. The van der Waals surface area contributed by atoms with Crippen LogP contribution in [0.5, 0.6) is 0 Å². The summed E-state index contributed by atoms with van der Waals surface area (Å²) in [6.45, 7) is 2.12. The van der Waals surface area contributed by atoms with Crippen LogP contribution in [0.2, 0.25) is 0 Å². The van der Waals surface area contributed by atoms with E-state index in [2.05, 4.69) is 18.0 Å². The van der Waals surface area contributed by atoms with E-state index in [0.717, 1.165) is 24.1 Å². The average Bonchev–Trinajstić information content (AvgIpc) is 3.28. The minimum atomic E-state index is -0.305. The third-order valence-electron chi connectivity index (χ3n) is 5.12. The first-order valence-electron chi connectivity index (χ1n) is 10.5. The van der Waals surface area contributed by atoms with Crippen LogP contribution in [0, 0.1) is 11.3 Å². The summed E-state index contributed by atoms with van der Waals surface area (Å²) >= 11 is 0. The van der Waals surface area contributed by atoms with E-state index >= 15 is 0 Å². The molecule has 0 spiro atoms. The molecule has 4 rings (SSSR count). The van der Waals surface area contributed by atoms with E-state index in [-0.39, 0.29) is 11.4 Å². The quantitative estimate of drug-likeness (QED) is 0.220. The highest BCUT2D eigenvalue weighted by Gasteiger charge is 2.16. The third-order valence-corrected chi connectivity index (χ3v) is 5.12. The van der Waals surface area contributed by atoms with Crippen molar-refractivity contribution in [1.82, 2.24) is 14.8 Å². The van der Waals surface area contributed by atoms with Crippen molar-refractivity contribution in [3.05, 3.63) is 108 Å². The second-order valence-corrected chi connectivity index (χ2v) is 7.40. The Balaban J connectivity index is 1.76. The molecular weight excluding hydrogens is 396 g/mol. The summed E-state index contributed by atoms with van der Waals surface area (Å²) in [5.74, 6) is -0.305. The fourth-order valence-corrected chi connectivity index (χ4v) is 3.50. The summed E-state index contributed by atoms with van der Waals surface area (Å²) in [5, 5.41) is 14.5. The minimum absolute atomic E-state index is 0.0611. The summed E-state index contributed by atoms with van der Waals surface area (Å²) in [5.41, 5.74) is 4.75. The third kappa shape index (κ3) is 4.55. The fourth-order valence-electron chi connectivity index (χ4n) is 3.50. The van der Waals surface area contributed by atoms with E-state index in [9.17, 15) is 10.1 Å². The summed E-state index contributed by atoms with van der Waals surface area (Å²) < 4.78 is 1.74. The van der Waals surface area contributed by atoms with Crippen molar-refractivity contribution in [3.63, 3.8) is 0 Å². The lowest BCUT2D eigenvalue weighted by Gasteiger charge is -2.03. The number of hydrogen-bond donors (Lipinski definition) is 0. The predicted molar refractivity (Wildman–Crippen MR) is 125 cm³/mol. The van der Waals surface area contributed by atoms with Gasteiger partial charge in [-0.2, -0.15) is 10.4 Å². The van der Waals surface area contributed by atoms with Crippen molar-refractivity contribution in [1.29, 1.82) is 5.26 Å². The van der Waals surface area contributed by atoms with Gasteiger partial charge in [0.1, 0.15) is 17.3 Å². The fraction of sp³-hybridized carbons (Fsp3) is 0.111. The van der Waals surface area contributed by atoms with Gasteiger partial charge in [0.2, 0.25) is 5.78 Å². The zero-order chi connectivity index (χ0) is 22.3. The van der Waals surface area contributed by atoms with Gasteiger partial charge in [-0.15, -0.1) is 0 Å². The molecule has 0 N–H and O–H groups in total. The molecule has 0 atom stereocenters. The second kappa shape index (κ2) is 9.67. The van der Waals surface area contributed by atoms with Crippen LogP contribution in [0.25, 0.3) is 23.0 Å². The highest BCUT2D eigenvalue weighted by atomic mass is 16.1. The van der Waals surface area contributed by atoms with Crippen LogP contribution >= 0.6 is 0 Å². The van der Waals surface area contributed by atoms with Crippen LogP contribution in [-0.2, 0) is 6.42 Å². The maximum absolute atomic E-state index is 13.0. The van der Waals surface area contributed by atoms with Gasteiger partial charge in [-0.25, -0.2) is 4.68 Å². The van der Waals surface area contributed by atoms with Crippen LogP contribution < -0.4 is 0 Å². The first-order valence-corrected chi connectivity index (χ1v) is 10.5. The van der Waals surface area contributed by atoms with Crippen molar-refractivity contribution in [2.75, 3.05) is 0 Å². The van der Waals surface area contributed by atoms with Gasteiger partial charge in [-0.3, -0.25) is 9.78 Å². The molecule has 0 saturated heterocycles. The second-order valence-electron chi connectivity index (χ2n) is 7.40. The van der Waals surface area contributed by atoms with Crippen LogP contribution in [-0.4, -0.2) is 20.5 Å². The number of ketones is 1. The molecule has 4 aromatic rings. The molecule has 0 aliphatic carbocycles.